The molecule has 57 valence electrons. The summed E-state index contributed by atoms with van der Waals surface area (Å²) >= 11 is 4.60. The smallest absolute Gasteiger partial charge is 0.221 e. The first-order chi connectivity index (χ1) is 4.72. The normalized spacial score (nSPS) is 22.9. The van der Waals surface area contributed by atoms with Crippen molar-refractivity contribution in [3.05, 3.63) is 0 Å². The topological polar surface area (TPSA) is 17.1 Å². The van der Waals surface area contributed by atoms with Crippen LogP contribution in [-0.4, -0.2) is 5.12 Å². The maximum absolute atomic E-state index is 10.7. The van der Waals surface area contributed by atoms with Crippen molar-refractivity contribution in [1.29, 1.82) is 0 Å². The standard InChI is InChI=1S/C8H13OS/c1-6(8(9)10)7-4-2-3-5-7/h6-7H,2-5H2,1H3. The quantitative estimate of drug-likeness (QED) is 0.602. The van der Waals surface area contributed by atoms with Crippen molar-refractivity contribution < 1.29 is 4.79 Å². The zero-order chi connectivity index (χ0) is 7.56. The van der Waals surface area contributed by atoms with Crippen LogP contribution in [0.3, 0.4) is 0 Å². The average molecular weight is 157 g/mol. The van der Waals surface area contributed by atoms with Crippen LogP contribution in [0, 0.1) is 11.8 Å². The molecule has 0 saturated heterocycles. The summed E-state index contributed by atoms with van der Waals surface area (Å²) in [6.07, 6.45) is 5.00. The molecule has 2 heteroatoms. The minimum atomic E-state index is -0.0492. The predicted molar refractivity (Wildman–Crippen MR) is 43.7 cm³/mol. The third-order valence-electron chi connectivity index (χ3n) is 2.48. The minimum absolute atomic E-state index is 0.0492. The van der Waals surface area contributed by atoms with Crippen molar-refractivity contribution in [2.75, 3.05) is 0 Å². The SMILES string of the molecule is CC(C(=O)[S])C1CCCC1. The molecule has 0 amide bonds. The zero-order valence-electron chi connectivity index (χ0n) is 6.30. The third-order valence-corrected chi connectivity index (χ3v) is 2.85. The molecule has 10 heavy (non-hydrogen) atoms. The number of hydrogen-bond acceptors (Lipinski definition) is 1. The average Bonchev–Trinajstić information content (AvgIpc) is 2.36. The summed E-state index contributed by atoms with van der Waals surface area (Å²) in [5.41, 5.74) is 0. The van der Waals surface area contributed by atoms with Crippen LogP contribution in [0.1, 0.15) is 32.6 Å². The number of carbonyl (C=O) groups excluding carboxylic acids is 1. The number of carbonyl (C=O) groups is 1. The zero-order valence-corrected chi connectivity index (χ0v) is 7.12. The summed E-state index contributed by atoms with van der Waals surface area (Å²) in [6, 6.07) is 0. The number of rotatable bonds is 2. The van der Waals surface area contributed by atoms with Gasteiger partial charge in [0.05, 0.1) is 0 Å². The van der Waals surface area contributed by atoms with Gasteiger partial charge in [-0.3, -0.25) is 4.79 Å². The molecule has 0 aromatic carbocycles. The molecule has 0 aromatic heterocycles. The lowest BCUT2D eigenvalue weighted by Crippen LogP contribution is -2.13. The molecule has 1 rings (SSSR count). The predicted octanol–water partition coefficient (Wildman–Crippen LogP) is 2.54. The van der Waals surface area contributed by atoms with E-state index in [1.807, 2.05) is 6.92 Å². The van der Waals surface area contributed by atoms with Gasteiger partial charge in [-0.05, 0) is 31.4 Å². The summed E-state index contributed by atoms with van der Waals surface area (Å²) in [5.74, 6) is 0.738. The fourth-order valence-corrected chi connectivity index (χ4v) is 1.84. The van der Waals surface area contributed by atoms with Gasteiger partial charge in [-0.15, -0.1) is 0 Å². The highest BCUT2D eigenvalue weighted by Gasteiger charge is 2.25. The molecule has 1 atom stereocenters. The summed E-state index contributed by atoms with van der Waals surface area (Å²) in [5, 5.41) is -0.0492. The lowest BCUT2D eigenvalue weighted by Gasteiger charge is -2.12. The Morgan fingerprint density at radius 2 is 2.00 bits per heavy atom. The molecular formula is C8H13OS. The van der Waals surface area contributed by atoms with Crippen LogP contribution in [0.25, 0.3) is 0 Å². The van der Waals surface area contributed by atoms with Gasteiger partial charge in [0.2, 0.25) is 5.12 Å². The van der Waals surface area contributed by atoms with Gasteiger partial charge < -0.3 is 0 Å². The highest BCUT2D eigenvalue weighted by atomic mass is 32.1. The van der Waals surface area contributed by atoms with Crippen molar-refractivity contribution in [1.82, 2.24) is 0 Å². The Morgan fingerprint density at radius 1 is 1.50 bits per heavy atom. The van der Waals surface area contributed by atoms with Gasteiger partial charge in [0.15, 0.2) is 0 Å². The largest absolute Gasteiger partial charge is 0.282 e. The Labute approximate surface area is 67.6 Å². The first-order valence-electron chi connectivity index (χ1n) is 3.92. The molecule has 1 radical (unpaired) electrons. The van der Waals surface area contributed by atoms with Crippen molar-refractivity contribution in [2.45, 2.75) is 32.6 Å². The summed E-state index contributed by atoms with van der Waals surface area (Å²) < 4.78 is 0. The van der Waals surface area contributed by atoms with E-state index >= 15 is 0 Å². The molecule has 0 heterocycles. The second-order valence-electron chi connectivity index (χ2n) is 3.15. The van der Waals surface area contributed by atoms with E-state index in [-0.39, 0.29) is 11.0 Å². The van der Waals surface area contributed by atoms with Crippen LogP contribution in [-0.2, 0) is 4.79 Å². The van der Waals surface area contributed by atoms with Crippen LogP contribution in [0.4, 0.5) is 0 Å². The van der Waals surface area contributed by atoms with Gasteiger partial charge in [0, 0.05) is 5.92 Å². The Morgan fingerprint density at radius 3 is 2.40 bits per heavy atom. The van der Waals surface area contributed by atoms with Gasteiger partial charge in [-0.1, -0.05) is 19.8 Å². The van der Waals surface area contributed by atoms with Crippen molar-refractivity contribution in [3.8, 4) is 0 Å². The summed E-state index contributed by atoms with van der Waals surface area (Å²) in [7, 11) is 0. The van der Waals surface area contributed by atoms with Gasteiger partial charge in [-0.2, -0.15) is 0 Å². The molecule has 0 aromatic rings. The van der Waals surface area contributed by atoms with Crippen LogP contribution in [0.2, 0.25) is 0 Å². The van der Waals surface area contributed by atoms with E-state index in [2.05, 4.69) is 12.6 Å². The third kappa shape index (κ3) is 1.69. The first-order valence-corrected chi connectivity index (χ1v) is 4.33. The van der Waals surface area contributed by atoms with Crippen LogP contribution < -0.4 is 0 Å². The van der Waals surface area contributed by atoms with Gasteiger partial charge >= 0.3 is 0 Å². The second-order valence-corrected chi connectivity index (χ2v) is 3.55. The van der Waals surface area contributed by atoms with Gasteiger partial charge in [0.25, 0.3) is 0 Å². The van der Waals surface area contributed by atoms with E-state index in [0.717, 1.165) is 0 Å². The maximum atomic E-state index is 10.7. The van der Waals surface area contributed by atoms with E-state index in [0.29, 0.717) is 5.92 Å². The molecule has 0 spiro atoms. The molecule has 1 saturated carbocycles. The molecule has 1 unspecified atom stereocenters. The monoisotopic (exact) mass is 157 g/mol. The summed E-state index contributed by atoms with van der Waals surface area (Å²) in [6.45, 7) is 1.96. The lowest BCUT2D eigenvalue weighted by molar-refractivity contribution is -0.115. The molecule has 0 aliphatic heterocycles. The van der Waals surface area contributed by atoms with Crippen LogP contribution in [0.5, 0.6) is 0 Å². The molecule has 1 aliphatic rings. The first kappa shape index (κ1) is 7.99. The lowest BCUT2D eigenvalue weighted by atomic mass is 9.94. The molecule has 1 nitrogen and oxygen atoms in total. The molecule has 0 N–H and O–H groups in total. The highest BCUT2D eigenvalue weighted by molar-refractivity contribution is 7.96. The maximum Gasteiger partial charge on any atom is 0.221 e. The minimum Gasteiger partial charge on any atom is -0.282 e. The van der Waals surface area contributed by atoms with E-state index in [1.54, 1.807) is 0 Å². The number of hydrogen-bond donors (Lipinski definition) is 0. The molecule has 0 bridgehead atoms. The molecule has 1 aliphatic carbocycles. The van der Waals surface area contributed by atoms with Crippen molar-refractivity contribution >= 4 is 17.7 Å². The summed E-state index contributed by atoms with van der Waals surface area (Å²) in [4.78, 5) is 10.7. The highest BCUT2D eigenvalue weighted by Crippen LogP contribution is 2.31. The fourth-order valence-electron chi connectivity index (χ4n) is 1.65. The van der Waals surface area contributed by atoms with Crippen molar-refractivity contribution in [2.24, 2.45) is 11.8 Å². The van der Waals surface area contributed by atoms with E-state index in [1.165, 1.54) is 25.7 Å². The fraction of sp³-hybridized carbons (Fsp3) is 0.875. The Hall–Kier alpha value is -0.110. The van der Waals surface area contributed by atoms with Crippen LogP contribution >= 0.6 is 12.6 Å². The molecule has 1 fully saturated rings. The van der Waals surface area contributed by atoms with Crippen molar-refractivity contribution in [3.63, 3.8) is 0 Å². The Kier molecular flexibility index (Phi) is 2.66. The Bertz CT molecular complexity index is 127. The van der Waals surface area contributed by atoms with Gasteiger partial charge in [0.1, 0.15) is 0 Å². The molecular weight excluding hydrogens is 144 g/mol. The Balaban J connectivity index is 2.39. The van der Waals surface area contributed by atoms with E-state index in [9.17, 15) is 4.79 Å². The van der Waals surface area contributed by atoms with E-state index < -0.39 is 0 Å². The van der Waals surface area contributed by atoms with Gasteiger partial charge in [-0.25, -0.2) is 0 Å². The van der Waals surface area contributed by atoms with E-state index in [4.69, 9.17) is 0 Å². The second kappa shape index (κ2) is 3.33. The van der Waals surface area contributed by atoms with Crippen LogP contribution in [0.15, 0.2) is 0 Å².